The van der Waals surface area contributed by atoms with Crippen molar-refractivity contribution in [2.75, 3.05) is 5.75 Å². The number of benzene rings is 1. The highest BCUT2D eigenvalue weighted by Gasteiger charge is 2.10. The van der Waals surface area contributed by atoms with Gasteiger partial charge < -0.3 is 0 Å². The van der Waals surface area contributed by atoms with Gasteiger partial charge in [-0.05, 0) is 19.1 Å². The fourth-order valence-corrected chi connectivity index (χ4v) is 2.65. The summed E-state index contributed by atoms with van der Waals surface area (Å²) in [5.74, 6) is 6.63. The van der Waals surface area contributed by atoms with Crippen molar-refractivity contribution in [3.63, 3.8) is 0 Å². The summed E-state index contributed by atoms with van der Waals surface area (Å²) >= 11 is 1.60. The molecular weight excluding hydrogens is 268 g/mol. The number of hydrogen-bond acceptors (Lipinski definition) is 4. The standard InChI is InChI=1S/C15H12N4S/c1-2-3-9-20-15-13-10-18-19(14(13)16-11-17-15)12-7-5-4-6-8-12/h4-8,10-11H,9H2,1H3. The van der Waals surface area contributed by atoms with Crippen LogP contribution in [0.3, 0.4) is 0 Å². The predicted molar refractivity (Wildman–Crippen MR) is 80.8 cm³/mol. The number of aromatic nitrogens is 4. The minimum Gasteiger partial charge on any atom is -0.229 e. The van der Waals surface area contributed by atoms with Gasteiger partial charge in [0.05, 0.1) is 23.0 Å². The molecule has 0 fully saturated rings. The number of rotatable bonds is 3. The second-order valence-electron chi connectivity index (χ2n) is 4.02. The van der Waals surface area contributed by atoms with Crippen LogP contribution in [0.15, 0.2) is 47.9 Å². The lowest BCUT2D eigenvalue weighted by molar-refractivity contribution is 0.893. The first kappa shape index (κ1) is 12.7. The summed E-state index contributed by atoms with van der Waals surface area (Å²) in [7, 11) is 0. The molecule has 98 valence electrons. The molecular formula is C15H12N4S. The summed E-state index contributed by atoms with van der Waals surface area (Å²) in [6.45, 7) is 1.84. The first-order valence-corrected chi connectivity index (χ1v) is 7.15. The SMILES string of the molecule is CC#CCSc1ncnc2c1cnn2-c1ccccc1. The van der Waals surface area contributed by atoms with Crippen LogP contribution in [0.1, 0.15) is 6.92 Å². The molecule has 0 saturated carbocycles. The Morgan fingerprint density at radius 3 is 2.85 bits per heavy atom. The Hall–Kier alpha value is -2.32. The van der Waals surface area contributed by atoms with Crippen LogP contribution in [0.5, 0.6) is 0 Å². The van der Waals surface area contributed by atoms with Crippen molar-refractivity contribution in [1.82, 2.24) is 19.7 Å². The fraction of sp³-hybridized carbons (Fsp3) is 0.133. The molecule has 0 N–H and O–H groups in total. The molecule has 0 aliphatic heterocycles. The molecule has 1 aromatic carbocycles. The van der Waals surface area contributed by atoms with E-state index in [0.717, 1.165) is 27.5 Å². The molecule has 0 radical (unpaired) electrons. The van der Waals surface area contributed by atoms with E-state index in [-0.39, 0.29) is 0 Å². The lowest BCUT2D eigenvalue weighted by Gasteiger charge is -2.02. The zero-order valence-electron chi connectivity index (χ0n) is 10.9. The Balaban J connectivity index is 2.05. The van der Waals surface area contributed by atoms with Crippen LogP contribution < -0.4 is 0 Å². The summed E-state index contributed by atoms with van der Waals surface area (Å²) in [6, 6.07) is 9.95. The summed E-state index contributed by atoms with van der Waals surface area (Å²) < 4.78 is 1.83. The van der Waals surface area contributed by atoms with Crippen LogP contribution in [-0.4, -0.2) is 25.5 Å². The van der Waals surface area contributed by atoms with E-state index < -0.39 is 0 Å². The maximum atomic E-state index is 4.42. The second kappa shape index (κ2) is 5.76. The highest BCUT2D eigenvalue weighted by atomic mass is 32.2. The maximum Gasteiger partial charge on any atom is 0.167 e. The van der Waals surface area contributed by atoms with E-state index in [1.54, 1.807) is 18.1 Å². The first-order chi connectivity index (χ1) is 9.90. The predicted octanol–water partition coefficient (Wildman–Crippen LogP) is 2.93. The summed E-state index contributed by atoms with van der Waals surface area (Å²) in [5, 5.41) is 6.29. The minimum absolute atomic E-state index is 0.721. The molecule has 0 saturated heterocycles. The summed E-state index contributed by atoms with van der Waals surface area (Å²) in [5.41, 5.74) is 1.81. The largest absolute Gasteiger partial charge is 0.229 e. The van der Waals surface area contributed by atoms with Crippen molar-refractivity contribution in [1.29, 1.82) is 0 Å². The van der Waals surface area contributed by atoms with Crippen LogP contribution in [0.25, 0.3) is 16.7 Å². The Morgan fingerprint density at radius 1 is 1.20 bits per heavy atom. The van der Waals surface area contributed by atoms with Gasteiger partial charge in [-0.2, -0.15) is 5.10 Å². The zero-order chi connectivity index (χ0) is 13.8. The smallest absolute Gasteiger partial charge is 0.167 e. The van der Waals surface area contributed by atoms with Crippen LogP contribution in [-0.2, 0) is 0 Å². The number of nitrogens with zero attached hydrogens (tertiary/aromatic N) is 4. The minimum atomic E-state index is 0.721. The van der Waals surface area contributed by atoms with E-state index in [4.69, 9.17) is 0 Å². The van der Waals surface area contributed by atoms with Gasteiger partial charge in [-0.25, -0.2) is 14.6 Å². The lowest BCUT2D eigenvalue weighted by atomic mass is 10.3. The Bertz CT molecular complexity index is 784. The van der Waals surface area contributed by atoms with Gasteiger partial charge in [-0.1, -0.05) is 35.9 Å². The average molecular weight is 280 g/mol. The van der Waals surface area contributed by atoms with Gasteiger partial charge in [0, 0.05) is 0 Å². The summed E-state index contributed by atoms with van der Waals surface area (Å²) in [4.78, 5) is 8.66. The zero-order valence-corrected chi connectivity index (χ0v) is 11.8. The van der Waals surface area contributed by atoms with E-state index in [0.29, 0.717) is 0 Å². The third-order valence-corrected chi connectivity index (χ3v) is 3.68. The molecule has 4 nitrogen and oxygen atoms in total. The van der Waals surface area contributed by atoms with Crippen molar-refractivity contribution in [2.24, 2.45) is 0 Å². The molecule has 5 heteroatoms. The molecule has 0 bridgehead atoms. The second-order valence-corrected chi connectivity index (χ2v) is 4.99. The topological polar surface area (TPSA) is 43.6 Å². The fourth-order valence-electron chi connectivity index (χ4n) is 1.87. The number of thioether (sulfide) groups is 1. The van der Waals surface area contributed by atoms with Crippen LogP contribution in [0.2, 0.25) is 0 Å². The van der Waals surface area contributed by atoms with Gasteiger partial charge in [0.25, 0.3) is 0 Å². The molecule has 0 aliphatic carbocycles. The highest BCUT2D eigenvalue weighted by molar-refractivity contribution is 7.99. The van der Waals surface area contributed by atoms with Crippen molar-refractivity contribution >= 4 is 22.8 Å². The number of hydrogen-bond donors (Lipinski definition) is 0. The third-order valence-electron chi connectivity index (χ3n) is 2.79. The molecule has 3 aromatic rings. The van der Waals surface area contributed by atoms with Gasteiger partial charge in [0.1, 0.15) is 11.4 Å². The highest BCUT2D eigenvalue weighted by Crippen LogP contribution is 2.25. The monoisotopic (exact) mass is 280 g/mol. The average Bonchev–Trinajstić information content (AvgIpc) is 2.93. The lowest BCUT2D eigenvalue weighted by Crippen LogP contribution is -1.97. The number of para-hydroxylation sites is 1. The van der Waals surface area contributed by atoms with Crippen molar-refractivity contribution < 1.29 is 0 Å². The summed E-state index contributed by atoms with van der Waals surface area (Å²) in [6.07, 6.45) is 3.38. The van der Waals surface area contributed by atoms with Crippen LogP contribution >= 0.6 is 11.8 Å². The molecule has 0 atom stereocenters. The van der Waals surface area contributed by atoms with Crippen LogP contribution in [0.4, 0.5) is 0 Å². The van der Waals surface area contributed by atoms with Crippen molar-refractivity contribution in [2.45, 2.75) is 11.9 Å². The molecule has 2 aromatic heterocycles. The van der Waals surface area contributed by atoms with Crippen molar-refractivity contribution in [3.05, 3.63) is 42.9 Å². The quantitative estimate of drug-likeness (QED) is 0.420. The molecule has 0 amide bonds. The van der Waals surface area contributed by atoms with E-state index in [1.165, 1.54) is 0 Å². The molecule has 2 heterocycles. The van der Waals surface area contributed by atoms with Gasteiger partial charge >= 0.3 is 0 Å². The maximum absolute atomic E-state index is 4.42. The molecule has 0 aliphatic rings. The normalized spacial score (nSPS) is 10.2. The third kappa shape index (κ3) is 2.38. The van der Waals surface area contributed by atoms with Gasteiger partial charge in [0.15, 0.2) is 5.65 Å². The van der Waals surface area contributed by atoms with E-state index in [9.17, 15) is 0 Å². The Labute approximate surface area is 121 Å². The molecule has 3 rings (SSSR count). The molecule has 0 unspecified atom stereocenters. The van der Waals surface area contributed by atoms with E-state index in [2.05, 4.69) is 26.9 Å². The van der Waals surface area contributed by atoms with Gasteiger partial charge in [-0.15, -0.1) is 5.92 Å². The Morgan fingerprint density at radius 2 is 2.05 bits per heavy atom. The first-order valence-electron chi connectivity index (χ1n) is 6.16. The van der Waals surface area contributed by atoms with Crippen LogP contribution in [0, 0.1) is 11.8 Å². The van der Waals surface area contributed by atoms with Gasteiger partial charge in [0.2, 0.25) is 0 Å². The number of fused-ring (bicyclic) bond motifs is 1. The van der Waals surface area contributed by atoms with Crippen molar-refractivity contribution in [3.8, 4) is 17.5 Å². The Kier molecular flexibility index (Phi) is 3.66. The molecule has 20 heavy (non-hydrogen) atoms. The van der Waals surface area contributed by atoms with E-state index in [1.807, 2.05) is 48.1 Å². The van der Waals surface area contributed by atoms with Gasteiger partial charge in [-0.3, -0.25) is 0 Å². The van der Waals surface area contributed by atoms with E-state index >= 15 is 0 Å². The molecule has 0 spiro atoms.